The number of rotatable bonds is 8. The molecule has 0 aliphatic heterocycles. The minimum Gasteiger partial charge on any atom is -0.359 e. The van der Waals surface area contributed by atoms with Crippen molar-refractivity contribution in [3.63, 3.8) is 0 Å². The minimum absolute atomic E-state index is 0.0137. The Balaban J connectivity index is 1.66. The molecule has 0 spiro atoms. The molecule has 3 aromatic rings. The predicted octanol–water partition coefficient (Wildman–Crippen LogP) is 3.31. The van der Waals surface area contributed by atoms with Crippen LogP contribution in [0.15, 0.2) is 48.5 Å². The number of nitrogens with one attached hydrogen (secondary N) is 2. The van der Waals surface area contributed by atoms with E-state index < -0.39 is 0 Å². The number of fused-ring (bicyclic) bond motifs is 1. The smallest absolute Gasteiger partial charge is 0.226 e. The highest BCUT2D eigenvalue weighted by Crippen LogP contribution is 2.19. The van der Waals surface area contributed by atoms with Crippen molar-refractivity contribution in [2.75, 3.05) is 12.4 Å². The third-order valence-corrected chi connectivity index (χ3v) is 4.80. The van der Waals surface area contributed by atoms with E-state index in [9.17, 15) is 9.59 Å². The first-order chi connectivity index (χ1) is 13.6. The largest absolute Gasteiger partial charge is 0.359 e. The molecule has 0 fully saturated rings. The fourth-order valence-corrected chi connectivity index (χ4v) is 3.30. The average molecular weight is 378 g/mol. The van der Waals surface area contributed by atoms with Gasteiger partial charge < -0.3 is 15.2 Å². The van der Waals surface area contributed by atoms with E-state index >= 15 is 0 Å². The lowest BCUT2D eigenvalue weighted by Gasteiger charge is -2.12. The number of anilines is 1. The molecule has 0 aliphatic carbocycles. The maximum absolute atomic E-state index is 12.6. The Labute approximate surface area is 165 Å². The van der Waals surface area contributed by atoms with Crippen LogP contribution in [-0.4, -0.2) is 28.4 Å². The fraction of sp³-hybridized carbons (Fsp3) is 0.318. The summed E-state index contributed by atoms with van der Waals surface area (Å²) in [5.74, 6) is 0.924. The molecule has 6 nitrogen and oxygen atoms in total. The normalized spacial score (nSPS) is 10.8. The quantitative estimate of drug-likeness (QED) is 0.631. The Morgan fingerprint density at radius 2 is 1.75 bits per heavy atom. The summed E-state index contributed by atoms with van der Waals surface area (Å²) in [5.41, 5.74) is 3.74. The average Bonchev–Trinajstić information content (AvgIpc) is 3.09. The topological polar surface area (TPSA) is 76.0 Å². The van der Waals surface area contributed by atoms with E-state index in [1.807, 2.05) is 48.5 Å². The molecule has 2 aromatic carbocycles. The van der Waals surface area contributed by atoms with Crippen LogP contribution >= 0.6 is 0 Å². The molecule has 2 amide bonds. The maximum atomic E-state index is 12.6. The van der Waals surface area contributed by atoms with Crippen molar-refractivity contribution >= 4 is 28.5 Å². The Morgan fingerprint density at radius 3 is 2.54 bits per heavy atom. The van der Waals surface area contributed by atoms with Gasteiger partial charge in [-0.25, -0.2) is 4.98 Å². The predicted molar refractivity (Wildman–Crippen MR) is 111 cm³/mol. The first kappa shape index (κ1) is 19.6. The Bertz CT molecular complexity index is 978. The zero-order valence-corrected chi connectivity index (χ0v) is 16.4. The molecule has 2 N–H and O–H groups in total. The first-order valence-electron chi connectivity index (χ1n) is 9.64. The van der Waals surface area contributed by atoms with E-state index in [4.69, 9.17) is 0 Å². The van der Waals surface area contributed by atoms with Gasteiger partial charge in [0, 0.05) is 38.5 Å². The summed E-state index contributed by atoms with van der Waals surface area (Å²) in [4.78, 5) is 28.7. The zero-order chi connectivity index (χ0) is 19.9. The van der Waals surface area contributed by atoms with Crippen molar-refractivity contribution in [1.29, 1.82) is 0 Å². The van der Waals surface area contributed by atoms with Crippen LogP contribution in [0.25, 0.3) is 11.0 Å². The van der Waals surface area contributed by atoms with E-state index in [0.717, 1.165) is 34.5 Å². The number of hydrogen-bond donors (Lipinski definition) is 2. The van der Waals surface area contributed by atoms with Gasteiger partial charge in [-0.05, 0) is 30.2 Å². The van der Waals surface area contributed by atoms with Gasteiger partial charge in [0.15, 0.2) is 0 Å². The van der Waals surface area contributed by atoms with Crippen LogP contribution < -0.4 is 10.6 Å². The van der Waals surface area contributed by atoms with E-state index in [-0.39, 0.29) is 11.8 Å². The molecule has 6 heteroatoms. The minimum atomic E-state index is -0.0489. The van der Waals surface area contributed by atoms with Crippen molar-refractivity contribution in [2.45, 2.75) is 39.2 Å². The van der Waals surface area contributed by atoms with Gasteiger partial charge in [0.2, 0.25) is 11.8 Å². The SMILES string of the molecule is CCc1nc2ccccc2n1CCC(=O)Nc1ccccc1CCC(=O)NC. The molecule has 0 saturated carbocycles. The number of hydrogen-bond acceptors (Lipinski definition) is 3. The van der Waals surface area contributed by atoms with Crippen molar-refractivity contribution < 1.29 is 9.59 Å². The summed E-state index contributed by atoms with van der Waals surface area (Å²) in [6, 6.07) is 15.6. The summed E-state index contributed by atoms with van der Waals surface area (Å²) in [7, 11) is 1.63. The number of benzene rings is 2. The second-order valence-electron chi connectivity index (χ2n) is 6.65. The highest BCUT2D eigenvalue weighted by atomic mass is 16.2. The standard InChI is InChI=1S/C22H26N4O2/c1-3-20-24-18-10-6-7-11-19(18)26(20)15-14-22(28)25-17-9-5-4-8-16(17)12-13-21(27)23-2/h4-11H,3,12-15H2,1-2H3,(H,23,27)(H,25,28). The number of amides is 2. The van der Waals surface area contributed by atoms with E-state index in [1.54, 1.807) is 7.05 Å². The van der Waals surface area contributed by atoms with Crippen LogP contribution in [0.3, 0.4) is 0 Å². The molecular formula is C22H26N4O2. The summed E-state index contributed by atoms with van der Waals surface area (Å²) in [6.07, 6.45) is 2.16. The van der Waals surface area contributed by atoms with Crippen LogP contribution in [0.2, 0.25) is 0 Å². The van der Waals surface area contributed by atoms with Gasteiger partial charge in [-0.1, -0.05) is 37.3 Å². The Kier molecular flexibility index (Phi) is 6.42. The van der Waals surface area contributed by atoms with Gasteiger partial charge in [0.1, 0.15) is 5.82 Å². The van der Waals surface area contributed by atoms with Crippen LogP contribution in [-0.2, 0) is 29.0 Å². The molecule has 0 unspecified atom stereocenters. The van der Waals surface area contributed by atoms with Gasteiger partial charge in [-0.2, -0.15) is 0 Å². The highest BCUT2D eigenvalue weighted by molar-refractivity contribution is 5.91. The van der Waals surface area contributed by atoms with Crippen LogP contribution in [0.5, 0.6) is 0 Å². The first-order valence-corrected chi connectivity index (χ1v) is 9.64. The molecule has 1 aromatic heterocycles. The zero-order valence-electron chi connectivity index (χ0n) is 16.4. The number of aryl methyl sites for hydroxylation is 3. The summed E-state index contributed by atoms with van der Waals surface area (Å²) >= 11 is 0. The Hall–Kier alpha value is -3.15. The number of nitrogens with zero attached hydrogens (tertiary/aromatic N) is 2. The van der Waals surface area contributed by atoms with Crippen molar-refractivity contribution in [3.8, 4) is 0 Å². The van der Waals surface area contributed by atoms with Crippen LogP contribution in [0.4, 0.5) is 5.69 Å². The third kappa shape index (κ3) is 4.57. The molecule has 1 heterocycles. The third-order valence-electron chi connectivity index (χ3n) is 4.80. The molecule has 146 valence electrons. The number of carbonyl (C=O) groups is 2. The van der Waals surface area contributed by atoms with Gasteiger partial charge >= 0.3 is 0 Å². The highest BCUT2D eigenvalue weighted by Gasteiger charge is 2.12. The lowest BCUT2D eigenvalue weighted by Crippen LogP contribution is -2.19. The molecule has 0 atom stereocenters. The second kappa shape index (κ2) is 9.17. The lowest BCUT2D eigenvalue weighted by atomic mass is 10.1. The van der Waals surface area contributed by atoms with Gasteiger partial charge in [-0.15, -0.1) is 0 Å². The maximum Gasteiger partial charge on any atom is 0.226 e. The van der Waals surface area contributed by atoms with E-state index in [1.165, 1.54) is 0 Å². The van der Waals surface area contributed by atoms with E-state index in [2.05, 4.69) is 27.1 Å². The van der Waals surface area contributed by atoms with Crippen molar-refractivity contribution in [3.05, 3.63) is 59.9 Å². The second-order valence-corrected chi connectivity index (χ2v) is 6.65. The molecular weight excluding hydrogens is 352 g/mol. The van der Waals surface area contributed by atoms with Crippen molar-refractivity contribution in [2.24, 2.45) is 0 Å². The van der Waals surface area contributed by atoms with E-state index in [0.29, 0.717) is 25.8 Å². The van der Waals surface area contributed by atoms with Gasteiger partial charge in [0.05, 0.1) is 11.0 Å². The summed E-state index contributed by atoms with van der Waals surface area (Å²) in [5, 5.41) is 5.62. The summed E-state index contributed by atoms with van der Waals surface area (Å²) < 4.78 is 2.12. The number of para-hydroxylation sites is 3. The number of imidazole rings is 1. The van der Waals surface area contributed by atoms with Crippen LogP contribution in [0, 0.1) is 0 Å². The monoisotopic (exact) mass is 378 g/mol. The van der Waals surface area contributed by atoms with Crippen LogP contribution in [0.1, 0.15) is 31.2 Å². The molecule has 28 heavy (non-hydrogen) atoms. The number of carbonyl (C=O) groups excluding carboxylic acids is 2. The van der Waals surface area contributed by atoms with Crippen molar-refractivity contribution in [1.82, 2.24) is 14.9 Å². The lowest BCUT2D eigenvalue weighted by molar-refractivity contribution is -0.120. The van der Waals surface area contributed by atoms with Gasteiger partial charge in [-0.3, -0.25) is 9.59 Å². The number of aromatic nitrogens is 2. The molecule has 0 radical (unpaired) electrons. The molecule has 3 rings (SSSR count). The molecule has 0 aliphatic rings. The fourth-order valence-electron chi connectivity index (χ4n) is 3.30. The molecule has 0 saturated heterocycles. The van der Waals surface area contributed by atoms with Gasteiger partial charge in [0.25, 0.3) is 0 Å². The molecule has 0 bridgehead atoms. The summed E-state index contributed by atoms with van der Waals surface area (Å²) in [6.45, 7) is 2.65. The Morgan fingerprint density at radius 1 is 1.00 bits per heavy atom.